The first-order chi connectivity index (χ1) is 9.65. The van der Waals surface area contributed by atoms with Crippen LogP contribution in [0.1, 0.15) is 50.7 Å². The van der Waals surface area contributed by atoms with Crippen molar-refractivity contribution in [3.8, 4) is 0 Å². The fourth-order valence-electron chi connectivity index (χ4n) is 3.36. The van der Waals surface area contributed by atoms with Crippen LogP contribution in [-0.4, -0.2) is 9.55 Å². The van der Waals surface area contributed by atoms with Gasteiger partial charge in [-0.05, 0) is 43.7 Å². The standard InChI is InChI=1S/C17H23ClN2/c1-12-7-9-14(10-8-12)11-20-16-6-4-3-5-15(16)19-17(20)13(2)18/h3-6,12-14H,7-11H2,1-2H3. The average molecular weight is 291 g/mol. The van der Waals surface area contributed by atoms with Gasteiger partial charge in [-0.2, -0.15) is 0 Å². The van der Waals surface area contributed by atoms with Gasteiger partial charge in [0, 0.05) is 6.54 Å². The molecule has 0 spiro atoms. The van der Waals surface area contributed by atoms with Crippen molar-refractivity contribution in [1.29, 1.82) is 0 Å². The number of imidazole rings is 1. The maximum atomic E-state index is 6.34. The summed E-state index contributed by atoms with van der Waals surface area (Å²) < 4.78 is 2.35. The van der Waals surface area contributed by atoms with Gasteiger partial charge in [-0.1, -0.05) is 31.9 Å². The third kappa shape index (κ3) is 2.71. The smallest absolute Gasteiger partial charge is 0.127 e. The molecule has 2 aromatic rings. The van der Waals surface area contributed by atoms with Crippen LogP contribution in [0.3, 0.4) is 0 Å². The van der Waals surface area contributed by atoms with E-state index in [2.05, 4.69) is 29.7 Å². The normalized spacial score (nSPS) is 24.9. The van der Waals surface area contributed by atoms with Gasteiger partial charge in [0.1, 0.15) is 5.82 Å². The van der Waals surface area contributed by atoms with E-state index in [0.717, 1.165) is 29.7 Å². The zero-order valence-corrected chi connectivity index (χ0v) is 13.1. The summed E-state index contributed by atoms with van der Waals surface area (Å²) in [5, 5.41) is -0.0371. The number of alkyl halides is 1. The van der Waals surface area contributed by atoms with Crippen LogP contribution >= 0.6 is 11.6 Å². The van der Waals surface area contributed by atoms with Crippen LogP contribution in [0.2, 0.25) is 0 Å². The molecular weight excluding hydrogens is 268 g/mol. The van der Waals surface area contributed by atoms with Crippen LogP contribution in [0.25, 0.3) is 11.0 Å². The van der Waals surface area contributed by atoms with Crippen molar-refractivity contribution in [1.82, 2.24) is 9.55 Å². The molecular formula is C17H23ClN2. The number of hydrogen-bond acceptors (Lipinski definition) is 1. The second-order valence-electron chi connectivity index (χ2n) is 6.31. The van der Waals surface area contributed by atoms with E-state index in [-0.39, 0.29) is 5.38 Å². The minimum atomic E-state index is -0.0371. The zero-order chi connectivity index (χ0) is 14.1. The number of fused-ring (bicyclic) bond motifs is 1. The number of nitrogens with zero attached hydrogens (tertiary/aromatic N) is 2. The Labute approximate surface area is 126 Å². The van der Waals surface area contributed by atoms with E-state index >= 15 is 0 Å². The van der Waals surface area contributed by atoms with Crippen molar-refractivity contribution in [2.45, 2.75) is 51.5 Å². The fourth-order valence-corrected chi connectivity index (χ4v) is 3.53. The molecule has 0 saturated heterocycles. The van der Waals surface area contributed by atoms with E-state index in [1.807, 2.05) is 13.0 Å². The minimum absolute atomic E-state index is 0.0371. The summed E-state index contributed by atoms with van der Waals surface area (Å²) in [5.41, 5.74) is 2.30. The molecule has 1 aromatic carbocycles. The van der Waals surface area contributed by atoms with Gasteiger partial charge in [-0.15, -0.1) is 11.6 Å². The van der Waals surface area contributed by atoms with Crippen molar-refractivity contribution < 1.29 is 0 Å². The molecule has 108 valence electrons. The van der Waals surface area contributed by atoms with Crippen LogP contribution in [0, 0.1) is 11.8 Å². The van der Waals surface area contributed by atoms with Gasteiger partial charge in [-0.25, -0.2) is 4.98 Å². The summed E-state index contributed by atoms with van der Waals surface area (Å²) in [6, 6.07) is 8.38. The van der Waals surface area contributed by atoms with E-state index in [9.17, 15) is 0 Å². The van der Waals surface area contributed by atoms with E-state index in [1.54, 1.807) is 0 Å². The Hall–Kier alpha value is -1.02. The number of benzene rings is 1. The molecule has 1 atom stereocenters. The molecule has 20 heavy (non-hydrogen) atoms. The van der Waals surface area contributed by atoms with E-state index in [1.165, 1.54) is 31.2 Å². The molecule has 2 nitrogen and oxygen atoms in total. The Balaban J connectivity index is 1.91. The van der Waals surface area contributed by atoms with E-state index in [4.69, 9.17) is 16.6 Å². The highest BCUT2D eigenvalue weighted by atomic mass is 35.5. The summed E-state index contributed by atoms with van der Waals surface area (Å²) in [5.74, 6) is 2.70. The van der Waals surface area contributed by atoms with Crippen molar-refractivity contribution in [2.24, 2.45) is 11.8 Å². The maximum Gasteiger partial charge on any atom is 0.127 e. The Morgan fingerprint density at radius 2 is 1.95 bits per heavy atom. The fraction of sp³-hybridized carbons (Fsp3) is 0.588. The first-order valence-corrected chi connectivity index (χ1v) is 8.18. The summed E-state index contributed by atoms with van der Waals surface area (Å²) >= 11 is 6.34. The second-order valence-corrected chi connectivity index (χ2v) is 6.97. The van der Waals surface area contributed by atoms with Gasteiger partial charge in [0.25, 0.3) is 0 Å². The first-order valence-electron chi connectivity index (χ1n) is 7.74. The van der Waals surface area contributed by atoms with Gasteiger partial charge in [0.15, 0.2) is 0 Å². The van der Waals surface area contributed by atoms with Crippen LogP contribution < -0.4 is 0 Å². The quantitative estimate of drug-likeness (QED) is 0.714. The van der Waals surface area contributed by atoms with Crippen molar-refractivity contribution >= 4 is 22.6 Å². The third-order valence-corrected chi connectivity index (χ3v) is 4.81. The molecule has 0 N–H and O–H groups in total. The van der Waals surface area contributed by atoms with Crippen molar-refractivity contribution in [3.63, 3.8) is 0 Å². The number of rotatable bonds is 3. The Bertz CT molecular complexity index is 580. The molecule has 3 rings (SSSR count). The molecule has 1 aliphatic carbocycles. The van der Waals surface area contributed by atoms with Gasteiger partial charge < -0.3 is 4.57 Å². The van der Waals surface area contributed by atoms with Crippen molar-refractivity contribution in [3.05, 3.63) is 30.1 Å². The lowest BCUT2D eigenvalue weighted by atomic mass is 9.83. The first kappa shape index (κ1) is 13.9. The Morgan fingerprint density at radius 1 is 1.25 bits per heavy atom. The van der Waals surface area contributed by atoms with Gasteiger partial charge >= 0.3 is 0 Å². The average Bonchev–Trinajstić information content (AvgIpc) is 2.81. The van der Waals surface area contributed by atoms with Gasteiger partial charge in [0.05, 0.1) is 16.4 Å². The molecule has 1 aliphatic rings. The SMILES string of the molecule is CC1CCC(Cn2c(C(C)Cl)nc3ccccc32)CC1. The molecule has 0 amide bonds. The molecule has 1 unspecified atom stereocenters. The molecule has 1 aromatic heterocycles. The molecule has 1 fully saturated rings. The summed E-state index contributed by atoms with van der Waals surface area (Å²) in [4.78, 5) is 4.72. The lowest BCUT2D eigenvalue weighted by Crippen LogP contribution is -2.19. The van der Waals surface area contributed by atoms with Crippen LogP contribution in [0.4, 0.5) is 0 Å². The van der Waals surface area contributed by atoms with E-state index in [0.29, 0.717) is 0 Å². The van der Waals surface area contributed by atoms with E-state index < -0.39 is 0 Å². The van der Waals surface area contributed by atoms with Crippen LogP contribution in [-0.2, 0) is 6.54 Å². The minimum Gasteiger partial charge on any atom is -0.326 e. The summed E-state index contributed by atoms with van der Waals surface area (Å²) in [7, 11) is 0. The number of halogens is 1. The lowest BCUT2D eigenvalue weighted by molar-refractivity contribution is 0.265. The third-order valence-electron chi connectivity index (χ3n) is 4.62. The number of aromatic nitrogens is 2. The highest BCUT2D eigenvalue weighted by Crippen LogP contribution is 2.32. The summed E-state index contributed by atoms with van der Waals surface area (Å²) in [6.07, 6.45) is 5.40. The summed E-state index contributed by atoms with van der Waals surface area (Å²) in [6.45, 7) is 5.46. The number of para-hydroxylation sites is 2. The van der Waals surface area contributed by atoms with Gasteiger partial charge in [0.2, 0.25) is 0 Å². The van der Waals surface area contributed by atoms with Gasteiger partial charge in [-0.3, -0.25) is 0 Å². The molecule has 0 bridgehead atoms. The van der Waals surface area contributed by atoms with Crippen LogP contribution in [0.5, 0.6) is 0 Å². The highest BCUT2D eigenvalue weighted by Gasteiger charge is 2.22. The Kier molecular flexibility index (Phi) is 4.02. The monoisotopic (exact) mass is 290 g/mol. The molecule has 1 saturated carbocycles. The predicted molar refractivity (Wildman–Crippen MR) is 85.1 cm³/mol. The van der Waals surface area contributed by atoms with Crippen molar-refractivity contribution in [2.75, 3.05) is 0 Å². The lowest BCUT2D eigenvalue weighted by Gasteiger charge is -2.27. The molecule has 1 heterocycles. The maximum absolute atomic E-state index is 6.34. The molecule has 0 radical (unpaired) electrons. The topological polar surface area (TPSA) is 17.8 Å². The Morgan fingerprint density at radius 3 is 2.65 bits per heavy atom. The highest BCUT2D eigenvalue weighted by molar-refractivity contribution is 6.20. The zero-order valence-electron chi connectivity index (χ0n) is 12.3. The largest absolute Gasteiger partial charge is 0.326 e. The predicted octanol–water partition coefficient (Wildman–Crippen LogP) is 5.16. The molecule has 0 aliphatic heterocycles. The molecule has 3 heteroatoms. The second kappa shape index (κ2) is 5.77. The number of hydrogen-bond donors (Lipinski definition) is 0. The van der Waals surface area contributed by atoms with Crippen LogP contribution in [0.15, 0.2) is 24.3 Å².